The molecular weight excluding hydrogens is 256 g/mol. The van der Waals surface area contributed by atoms with E-state index >= 15 is 0 Å². The van der Waals surface area contributed by atoms with E-state index in [1.54, 1.807) is 24.3 Å². The molecule has 0 radical (unpaired) electrons. The van der Waals surface area contributed by atoms with E-state index in [1.165, 1.54) is 7.11 Å². The van der Waals surface area contributed by atoms with Crippen molar-refractivity contribution in [2.24, 2.45) is 0 Å². The molecule has 0 aliphatic heterocycles. The molecule has 0 unspecified atom stereocenters. The molecule has 4 heteroatoms. The highest BCUT2D eigenvalue weighted by Crippen LogP contribution is 2.11. The number of unbranched alkanes of at least 4 members (excludes halogenated alkanes) is 3. The molecule has 110 valence electrons. The third-order valence-electron chi connectivity index (χ3n) is 3.02. The summed E-state index contributed by atoms with van der Waals surface area (Å²) >= 11 is 0. The Labute approximate surface area is 120 Å². The Hall–Kier alpha value is -1.84. The van der Waals surface area contributed by atoms with Gasteiger partial charge in [-0.15, -0.1) is 0 Å². The number of ether oxygens (including phenoxy) is 2. The van der Waals surface area contributed by atoms with Crippen molar-refractivity contribution in [3.05, 3.63) is 35.4 Å². The molecule has 1 rings (SSSR count). The Morgan fingerprint density at radius 3 is 2.55 bits per heavy atom. The van der Waals surface area contributed by atoms with Crippen molar-refractivity contribution in [3.8, 4) is 0 Å². The van der Waals surface area contributed by atoms with Crippen LogP contribution < -0.4 is 0 Å². The molecule has 0 amide bonds. The molecule has 0 aliphatic rings. The normalized spacial score (nSPS) is 10.1. The third kappa shape index (κ3) is 5.43. The highest BCUT2D eigenvalue weighted by atomic mass is 16.5. The maximum absolute atomic E-state index is 11.7. The molecule has 1 aromatic rings. The second-order valence-corrected chi connectivity index (χ2v) is 4.61. The number of rotatable bonds is 8. The first-order valence-corrected chi connectivity index (χ1v) is 7.00. The van der Waals surface area contributed by atoms with Crippen molar-refractivity contribution in [2.75, 3.05) is 13.7 Å². The second kappa shape index (κ2) is 9.13. The molecular formula is C16H22O4. The molecule has 0 spiro atoms. The smallest absolute Gasteiger partial charge is 0.338 e. The zero-order chi connectivity index (χ0) is 14.8. The average Bonchev–Trinajstić information content (AvgIpc) is 2.47. The van der Waals surface area contributed by atoms with Crippen LogP contribution in [0.2, 0.25) is 0 Å². The molecule has 20 heavy (non-hydrogen) atoms. The van der Waals surface area contributed by atoms with Crippen molar-refractivity contribution < 1.29 is 19.1 Å². The Balaban J connectivity index is 2.47. The van der Waals surface area contributed by atoms with Crippen LogP contribution in [0.4, 0.5) is 0 Å². The minimum atomic E-state index is -0.434. The van der Waals surface area contributed by atoms with Gasteiger partial charge in [-0.1, -0.05) is 44.4 Å². The Bertz CT molecular complexity index is 440. The molecule has 0 aromatic heterocycles. The fourth-order valence-corrected chi connectivity index (χ4v) is 1.90. The fraction of sp³-hybridized carbons (Fsp3) is 0.500. The van der Waals surface area contributed by atoms with Crippen LogP contribution >= 0.6 is 0 Å². The summed E-state index contributed by atoms with van der Waals surface area (Å²) in [4.78, 5) is 23.3. The van der Waals surface area contributed by atoms with E-state index in [0.29, 0.717) is 17.7 Å². The number of esters is 2. The number of carbonyl (C=O) groups excluding carboxylic acids is 2. The molecule has 0 saturated heterocycles. The van der Waals surface area contributed by atoms with Gasteiger partial charge in [0.25, 0.3) is 0 Å². The summed E-state index contributed by atoms with van der Waals surface area (Å²) in [5.74, 6) is -0.741. The molecule has 1 aromatic carbocycles. The van der Waals surface area contributed by atoms with E-state index in [1.807, 2.05) is 0 Å². The second-order valence-electron chi connectivity index (χ2n) is 4.61. The van der Waals surface area contributed by atoms with Gasteiger partial charge in [-0.25, -0.2) is 4.79 Å². The van der Waals surface area contributed by atoms with Crippen molar-refractivity contribution in [3.63, 3.8) is 0 Å². The third-order valence-corrected chi connectivity index (χ3v) is 3.02. The number of hydrogen-bond donors (Lipinski definition) is 0. The highest BCUT2D eigenvalue weighted by Gasteiger charge is 2.14. The summed E-state index contributed by atoms with van der Waals surface area (Å²) in [5.41, 5.74) is 1.05. The fourth-order valence-electron chi connectivity index (χ4n) is 1.90. The van der Waals surface area contributed by atoms with E-state index < -0.39 is 5.97 Å². The van der Waals surface area contributed by atoms with Gasteiger partial charge >= 0.3 is 11.9 Å². The number of carbonyl (C=O) groups is 2. The lowest BCUT2D eigenvalue weighted by Crippen LogP contribution is -2.13. The Morgan fingerprint density at radius 2 is 1.85 bits per heavy atom. The van der Waals surface area contributed by atoms with Gasteiger partial charge in [0, 0.05) is 0 Å². The lowest BCUT2D eigenvalue weighted by Gasteiger charge is -2.08. The molecule has 0 atom stereocenters. The molecule has 4 nitrogen and oxygen atoms in total. The standard InChI is InChI=1S/C16H22O4/c1-3-4-5-8-11-20-15(17)12-13-9-6-7-10-14(13)16(18)19-2/h6-7,9-10H,3-5,8,11-12H2,1-2H3. The monoisotopic (exact) mass is 278 g/mol. The van der Waals surface area contributed by atoms with Gasteiger partial charge in [0.1, 0.15) is 0 Å². The quantitative estimate of drug-likeness (QED) is 0.541. The summed E-state index contributed by atoms with van der Waals surface area (Å²) in [7, 11) is 1.32. The summed E-state index contributed by atoms with van der Waals surface area (Å²) in [6.07, 6.45) is 4.36. The SMILES string of the molecule is CCCCCCOC(=O)Cc1ccccc1C(=O)OC. The zero-order valence-corrected chi connectivity index (χ0v) is 12.2. The largest absolute Gasteiger partial charge is 0.465 e. The first kappa shape index (κ1) is 16.2. The van der Waals surface area contributed by atoms with E-state index in [-0.39, 0.29) is 12.4 Å². The topological polar surface area (TPSA) is 52.6 Å². The molecule has 0 fully saturated rings. The van der Waals surface area contributed by atoms with Crippen molar-refractivity contribution in [1.29, 1.82) is 0 Å². The zero-order valence-electron chi connectivity index (χ0n) is 12.2. The summed E-state index contributed by atoms with van der Waals surface area (Å²) in [6, 6.07) is 6.92. The van der Waals surface area contributed by atoms with Gasteiger partial charge in [-0.05, 0) is 18.1 Å². The van der Waals surface area contributed by atoms with E-state index in [2.05, 4.69) is 6.92 Å². The van der Waals surface area contributed by atoms with E-state index in [9.17, 15) is 9.59 Å². The van der Waals surface area contributed by atoms with Crippen molar-refractivity contribution in [2.45, 2.75) is 39.0 Å². The number of methoxy groups -OCH3 is 1. The van der Waals surface area contributed by atoms with Gasteiger partial charge in [0.05, 0.1) is 25.7 Å². The maximum Gasteiger partial charge on any atom is 0.338 e. The van der Waals surface area contributed by atoms with Crippen LogP contribution in [0.3, 0.4) is 0 Å². The van der Waals surface area contributed by atoms with Crippen LogP contribution in [0.1, 0.15) is 48.5 Å². The minimum Gasteiger partial charge on any atom is -0.465 e. The average molecular weight is 278 g/mol. The highest BCUT2D eigenvalue weighted by molar-refractivity contribution is 5.92. The molecule has 0 heterocycles. The van der Waals surface area contributed by atoms with Crippen LogP contribution in [-0.2, 0) is 20.7 Å². The summed E-state index contributed by atoms with van der Waals surface area (Å²) in [5, 5.41) is 0. The number of hydrogen-bond acceptors (Lipinski definition) is 4. The first-order chi connectivity index (χ1) is 9.69. The predicted molar refractivity (Wildman–Crippen MR) is 76.6 cm³/mol. The van der Waals surface area contributed by atoms with Crippen LogP contribution in [0, 0.1) is 0 Å². The van der Waals surface area contributed by atoms with Gasteiger partial charge in [-0.3, -0.25) is 4.79 Å². The van der Waals surface area contributed by atoms with Gasteiger partial charge < -0.3 is 9.47 Å². The van der Waals surface area contributed by atoms with E-state index in [4.69, 9.17) is 9.47 Å². The molecule has 0 N–H and O–H groups in total. The minimum absolute atomic E-state index is 0.0963. The van der Waals surface area contributed by atoms with Crippen LogP contribution in [-0.4, -0.2) is 25.7 Å². The Kier molecular flexibility index (Phi) is 7.40. The lowest BCUT2D eigenvalue weighted by atomic mass is 10.0. The summed E-state index contributed by atoms with van der Waals surface area (Å²) in [6.45, 7) is 2.58. The van der Waals surface area contributed by atoms with Gasteiger partial charge in [0.2, 0.25) is 0 Å². The van der Waals surface area contributed by atoms with Crippen LogP contribution in [0.25, 0.3) is 0 Å². The van der Waals surface area contributed by atoms with Crippen molar-refractivity contribution >= 4 is 11.9 Å². The maximum atomic E-state index is 11.7. The van der Waals surface area contributed by atoms with E-state index in [0.717, 1.165) is 25.7 Å². The van der Waals surface area contributed by atoms with Crippen LogP contribution in [0.15, 0.2) is 24.3 Å². The molecule has 0 aliphatic carbocycles. The molecule has 0 saturated carbocycles. The number of benzene rings is 1. The van der Waals surface area contributed by atoms with Gasteiger partial charge in [-0.2, -0.15) is 0 Å². The first-order valence-electron chi connectivity index (χ1n) is 7.00. The van der Waals surface area contributed by atoms with Crippen molar-refractivity contribution in [1.82, 2.24) is 0 Å². The van der Waals surface area contributed by atoms with Crippen LogP contribution in [0.5, 0.6) is 0 Å². The predicted octanol–water partition coefficient (Wildman–Crippen LogP) is 3.14. The van der Waals surface area contributed by atoms with Gasteiger partial charge in [0.15, 0.2) is 0 Å². The lowest BCUT2D eigenvalue weighted by molar-refractivity contribution is -0.142. The molecule has 0 bridgehead atoms. The Morgan fingerprint density at radius 1 is 1.10 bits per heavy atom. The summed E-state index contributed by atoms with van der Waals surface area (Å²) < 4.78 is 9.86.